The summed E-state index contributed by atoms with van der Waals surface area (Å²) in [5, 5.41) is 8.96. The highest BCUT2D eigenvalue weighted by Crippen LogP contribution is 2.19. The van der Waals surface area contributed by atoms with Crippen molar-refractivity contribution in [1.82, 2.24) is 4.90 Å². The van der Waals surface area contributed by atoms with Gasteiger partial charge >= 0.3 is 5.97 Å². The Morgan fingerprint density at radius 2 is 2.00 bits per heavy atom. The Morgan fingerprint density at radius 3 is 2.61 bits per heavy atom. The summed E-state index contributed by atoms with van der Waals surface area (Å²) in [6.45, 7) is 4.90. The maximum absolute atomic E-state index is 10.9. The Balaban J connectivity index is 1.89. The van der Waals surface area contributed by atoms with E-state index in [2.05, 4.69) is 36.1 Å². The lowest BCUT2D eigenvalue weighted by atomic mass is 9.96. The molecule has 1 aromatic carbocycles. The number of nitrogens with zero attached hydrogens (tertiary/aromatic N) is 1. The van der Waals surface area contributed by atoms with Gasteiger partial charge in [0.05, 0.1) is 5.92 Å². The van der Waals surface area contributed by atoms with Gasteiger partial charge in [0, 0.05) is 6.54 Å². The molecule has 0 aromatic heterocycles. The van der Waals surface area contributed by atoms with Crippen molar-refractivity contribution in [2.75, 3.05) is 13.1 Å². The first kappa shape index (κ1) is 13.1. The average molecular weight is 247 g/mol. The van der Waals surface area contributed by atoms with Crippen molar-refractivity contribution in [3.8, 4) is 0 Å². The molecule has 1 aliphatic heterocycles. The molecule has 3 heteroatoms. The topological polar surface area (TPSA) is 40.5 Å². The highest BCUT2D eigenvalue weighted by Gasteiger charge is 2.24. The molecule has 1 aliphatic rings. The zero-order valence-electron chi connectivity index (χ0n) is 10.9. The molecule has 0 atom stereocenters. The molecule has 18 heavy (non-hydrogen) atoms. The number of carbonyl (C=O) groups is 1. The van der Waals surface area contributed by atoms with Crippen molar-refractivity contribution in [2.24, 2.45) is 5.92 Å². The van der Waals surface area contributed by atoms with E-state index in [1.54, 1.807) is 0 Å². The van der Waals surface area contributed by atoms with Crippen LogP contribution in [-0.2, 0) is 17.8 Å². The Hall–Kier alpha value is -1.35. The second-order valence-electron chi connectivity index (χ2n) is 5.06. The smallest absolute Gasteiger partial charge is 0.306 e. The lowest BCUT2D eigenvalue weighted by Crippen LogP contribution is -2.35. The zero-order valence-corrected chi connectivity index (χ0v) is 10.9. The van der Waals surface area contributed by atoms with Crippen molar-refractivity contribution < 1.29 is 9.90 Å². The van der Waals surface area contributed by atoms with Crippen LogP contribution < -0.4 is 0 Å². The normalized spacial score (nSPS) is 17.8. The van der Waals surface area contributed by atoms with Crippen molar-refractivity contribution >= 4 is 5.97 Å². The Kier molecular flexibility index (Phi) is 4.37. The molecule has 0 amide bonds. The third-order valence-electron chi connectivity index (χ3n) is 3.74. The summed E-state index contributed by atoms with van der Waals surface area (Å²) in [7, 11) is 0. The van der Waals surface area contributed by atoms with Gasteiger partial charge in [-0.1, -0.05) is 31.2 Å². The van der Waals surface area contributed by atoms with Gasteiger partial charge in [-0.2, -0.15) is 0 Å². The second kappa shape index (κ2) is 6.01. The number of carboxylic acid groups (broad SMARTS) is 1. The molecule has 0 bridgehead atoms. The van der Waals surface area contributed by atoms with Crippen molar-refractivity contribution in [1.29, 1.82) is 0 Å². The summed E-state index contributed by atoms with van der Waals surface area (Å²) in [5.74, 6) is -0.772. The number of likely N-dealkylation sites (tertiary alicyclic amines) is 1. The van der Waals surface area contributed by atoms with E-state index in [0.717, 1.165) is 38.9 Å². The quantitative estimate of drug-likeness (QED) is 0.889. The van der Waals surface area contributed by atoms with E-state index < -0.39 is 5.97 Å². The van der Waals surface area contributed by atoms with Crippen LogP contribution in [0.15, 0.2) is 24.3 Å². The van der Waals surface area contributed by atoms with Gasteiger partial charge in [-0.15, -0.1) is 0 Å². The van der Waals surface area contributed by atoms with Gasteiger partial charge in [0.15, 0.2) is 0 Å². The molecule has 0 saturated carbocycles. The van der Waals surface area contributed by atoms with E-state index in [1.807, 2.05) is 0 Å². The van der Waals surface area contributed by atoms with Crippen LogP contribution in [0, 0.1) is 5.92 Å². The maximum atomic E-state index is 10.9. The lowest BCUT2D eigenvalue weighted by Gasteiger charge is -2.30. The molecule has 98 valence electrons. The summed E-state index contributed by atoms with van der Waals surface area (Å²) in [6, 6.07) is 8.67. The van der Waals surface area contributed by atoms with Crippen LogP contribution in [0.2, 0.25) is 0 Å². The van der Waals surface area contributed by atoms with Crippen molar-refractivity contribution in [3.05, 3.63) is 35.4 Å². The first-order valence-electron chi connectivity index (χ1n) is 6.72. The molecule has 0 unspecified atom stereocenters. The van der Waals surface area contributed by atoms with Gasteiger partial charge in [-0.3, -0.25) is 9.69 Å². The van der Waals surface area contributed by atoms with E-state index >= 15 is 0 Å². The molecule has 1 N–H and O–H groups in total. The fraction of sp³-hybridized carbons (Fsp3) is 0.533. The number of carboxylic acids is 1. The van der Waals surface area contributed by atoms with Crippen molar-refractivity contribution in [2.45, 2.75) is 32.7 Å². The molecule has 1 saturated heterocycles. The van der Waals surface area contributed by atoms with E-state index in [4.69, 9.17) is 5.11 Å². The number of benzene rings is 1. The Labute approximate surface area is 108 Å². The minimum atomic E-state index is -0.636. The molecule has 2 rings (SSSR count). The molecule has 0 spiro atoms. The number of hydrogen-bond donors (Lipinski definition) is 1. The predicted molar refractivity (Wildman–Crippen MR) is 71.5 cm³/mol. The van der Waals surface area contributed by atoms with E-state index in [1.165, 1.54) is 11.1 Å². The molecule has 3 nitrogen and oxygen atoms in total. The fourth-order valence-corrected chi connectivity index (χ4v) is 2.54. The zero-order chi connectivity index (χ0) is 13.0. The predicted octanol–water partition coefficient (Wildman–Crippen LogP) is 2.55. The summed E-state index contributed by atoms with van der Waals surface area (Å²) < 4.78 is 0. The van der Waals surface area contributed by atoms with E-state index in [0.29, 0.717) is 0 Å². The van der Waals surface area contributed by atoms with Gasteiger partial charge in [0.25, 0.3) is 0 Å². The first-order valence-corrected chi connectivity index (χ1v) is 6.72. The minimum absolute atomic E-state index is 0.136. The summed E-state index contributed by atoms with van der Waals surface area (Å²) in [6.07, 6.45) is 2.63. The van der Waals surface area contributed by atoms with Crippen LogP contribution in [0.4, 0.5) is 0 Å². The number of hydrogen-bond acceptors (Lipinski definition) is 2. The van der Waals surface area contributed by atoms with Crippen LogP contribution in [0.3, 0.4) is 0 Å². The molecular weight excluding hydrogens is 226 g/mol. The Bertz CT molecular complexity index is 409. The molecular formula is C15H21NO2. The largest absolute Gasteiger partial charge is 0.481 e. The van der Waals surface area contributed by atoms with Gasteiger partial charge < -0.3 is 5.11 Å². The van der Waals surface area contributed by atoms with Crippen LogP contribution in [0.25, 0.3) is 0 Å². The average Bonchev–Trinajstić information content (AvgIpc) is 2.39. The Morgan fingerprint density at radius 1 is 1.33 bits per heavy atom. The van der Waals surface area contributed by atoms with Crippen molar-refractivity contribution in [3.63, 3.8) is 0 Å². The van der Waals surface area contributed by atoms with Gasteiger partial charge in [-0.05, 0) is 43.5 Å². The van der Waals surface area contributed by atoms with Gasteiger partial charge in [0.2, 0.25) is 0 Å². The van der Waals surface area contributed by atoms with Crippen LogP contribution in [-0.4, -0.2) is 29.1 Å². The molecule has 1 aromatic rings. The summed E-state index contributed by atoms with van der Waals surface area (Å²) in [4.78, 5) is 13.2. The molecule has 1 fully saturated rings. The number of rotatable bonds is 4. The lowest BCUT2D eigenvalue weighted by molar-refractivity contribution is -0.143. The standard InChI is InChI=1S/C15H21NO2/c1-2-12-4-3-5-13(10-12)11-16-8-6-14(7-9-16)15(17)18/h3-5,10,14H,2,6-9,11H2,1H3,(H,17,18). The summed E-state index contributed by atoms with van der Waals surface area (Å²) in [5.41, 5.74) is 2.70. The number of piperidine rings is 1. The molecule has 0 aliphatic carbocycles. The highest BCUT2D eigenvalue weighted by molar-refractivity contribution is 5.70. The third-order valence-corrected chi connectivity index (χ3v) is 3.74. The van der Waals surface area contributed by atoms with E-state index in [-0.39, 0.29) is 5.92 Å². The monoisotopic (exact) mass is 247 g/mol. The van der Waals surface area contributed by atoms with Crippen LogP contribution in [0.5, 0.6) is 0 Å². The summed E-state index contributed by atoms with van der Waals surface area (Å²) >= 11 is 0. The fourth-order valence-electron chi connectivity index (χ4n) is 2.54. The molecule has 0 radical (unpaired) electrons. The van der Waals surface area contributed by atoms with Gasteiger partial charge in [-0.25, -0.2) is 0 Å². The van der Waals surface area contributed by atoms with E-state index in [9.17, 15) is 4.79 Å². The van der Waals surface area contributed by atoms with Crippen LogP contribution >= 0.6 is 0 Å². The number of aryl methyl sites for hydroxylation is 1. The number of aliphatic carboxylic acids is 1. The SMILES string of the molecule is CCc1cccc(CN2CCC(C(=O)O)CC2)c1. The minimum Gasteiger partial charge on any atom is -0.481 e. The third kappa shape index (κ3) is 3.33. The van der Waals surface area contributed by atoms with Crippen LogP contribution in [0.1, 0.15) is 30.9 Å². The van der Waals surface area contributed by atoms with Gasteiger partial charge in [0.1, 0.15) is 0 Å². The molecule has 1 heterocycles. The second-order valence-corrected chi connectivity index (χ2v) is 5.06. The first-order chi connectivity index (χ1) is 8.69. The maximum Gasteiger partial charge on any atom is 0.306 e. The highest BCUT2D eigenvalue weighted by atomic mass is 16.4.